The fourth-order valence-corrected chi connectivity index (χ4v) is 2.35. The van der Waals surface area contributed by atoms with Gasteiger partial charge in [0, 0.05) is 30.6 Å². The van der Waals surface area contributed by atoms with Crippen LogP contribution in [0.1, 0.15) is 43.7 Å². The van der Waals surface area contributed by atoms with Crippen LogP contribution in [-0.2, 0) is 18.9 Å². The summed E-state index contributed by atoms with van der Waals surface area (Å²) in [6.07, 6.45) is 0.810. The smallest absolute Gasteiger partial charge is 0.126 e. The second-order valence-corrected chi connectivity index (χ2v) is 6.31. The van der Waals surface area contributed by atoms with Crippen LogP contribution in [0.2, 0.25) is 0 Å². The van der Waals surface area contributed by atoms with Gasteiger partial charge < -0.3 is 5.11 Å². The summed E-state index contributed by atoms with van der Waals surface area (Å²) in [5.74, 6) is -1.03. The van der Waals surface area contributed by atoms with Crippen molar-refractivity contribution in [2.75, 3.05) is 0 Å². The summed E-state index contributed by atoms with van der Waals surface area (Å²) in [7, 11) is 1.77. The van der Waals surface area contributed by atoms with Crippen molar-refractivity contribution in [3.8, 4) is 0 Å². The lowest BCUT2D eigenvalue weighted by atomic mass is 9.87. The van der Waals surface area contributed by atoms with Crippen molar-refractivity contribution in [3.05, 3.63) is 52.9 Å². The Bertz CT molecular complexity index is 644. The maximum absolute atomic E-state index is 13.7. The summed E-state index contributed by atoms with van der Waals surface area (Å²) in [6, 6.07) is 3.26. The van der Waals surface area contributed by atoms with Crippen LogP contribution in [0.3, 0.4) is 0 Å². The molecule has 2 rings (SSSR count). The molecule has 5 heteroatoms. The topological polar surface area (TPSA) is 38.0 Å². The van der Waals surface area contributed by atoms with Crippen molar-refractivity contribution in [1.82, 2.24) is 9.78 Å². The largest absolute Gasteiger partial charge is 0.388 e. The summed E-state index contributed by atoms with van der Waals surface area (Å²) >= 11 is 0. The number of benzene rings is 1. The number of halogens is 2. The number of hydrogen-bond acceptors (Lipinski definition) is 2. The Morgan fingerprint density at radius 2 is 1.95 bits per heavy atom. The van der Waals surface area contributed by atoms with E-state index < -0.39 is 17.7 Å². The lowest BCUT2D eigenvalue weighted by Gasteiger charge is -2.20. The van der Waals surface area contributed by atoms with Crippen LogP contribution in [0.25, 0.3) is 0 Å². The van der Waals surface area contributed by atoms with E-state index in [1.807, 2.05) is 20.8 Å². The second-order valence-electron chi connectivity index (χ2n) is 6.31. The number of nitrogens with zero attached hydrogens (tertiary/aromatic N) is 2. The van der Waals surface area contributed by atoms with E-state index in [1.54, 1.807) is 17.9 Å². The summed E-state index contributed by atoms with van der Waals surface area (Å²) in [6.45, 7) is 5.98. The van der Waals surface area contributed by atoms with Crippen molar-refractivity contribution >= 4 is 0 Å². The Kier molecular flexibility index (Phi) is 4.14. The highest BCUT2D eigenvalue weighted by molar-refractivity contribution is 5.29. The van der Waals surface area contributed by atoms with E-state index in [1.165, 1.54) is 0 Å². The summed E-state index contributed by atoms with van der Waals surface area (Å²) in [4.78, 5) is 0. The zero-order valence-electron chi connectivity index (χ0n) is 12.7. The van der Waals surface area contributed by atoms with E-state index in [0.717, 1.165) is 23.9 Å². The van der Waals surface area contributed by atoms with Crippen molar-refractivity contribution in [2.24, 2.45) is 7.05 Å². The molecule has 0 radical (unpaired) electrons. The van der Waals surface area contributed by atoms with E-state index in [0.29, 0.717) is 5.56 Å². The molecule has 1 aromatic heterocycles. The Morgan fingerprint density at radius 1 is 1.29 bits per heavy atom. The second kappa shape index (κ2) is 5.56. The van der Waals surface area contributed by atoms with Crippen LogP contribution in [0.4, 0.5) is 8.78 Å². The van der Waals surface area contributed by atoms with E-state index in [4.69, 9.17) is 0 Å². The molecule has 2 aromatic rings. The van der Waals surface area contributed by atoms with Gasteiger partial charge in [-0.25, -0.2) is 8.78 Å². The highest BCUT2D eigenvalue weighted by Crippen LogP contribution is 2.30. The van der Waals surface area contributed by atoms with Gasteiger partial charge in [-0.1, -0.05) is 20.8 Å². The fraction of sp³-hybridized carbons (Fsp3) is 0.438. The van der Waals surface area contributed by atoms with Crippen LogP contribution in [-0.4, -0.2) is 14.9 Å². The molecule has 1 atom stereocenters. The van der Waals surface area contributed by atoms with Gasteiger partial charge in [-0.15, -0.1) is 0 Å². The fourth-order valence-electron chi connectivity index (χ4n) is 2.35. The Balaban J connectivity index is 2.33. The number of aryl methyl sites for hydroxylation is 1. The average Bonchev–Trinajstić information content (AvgIpc) is 2.76. The molecule has 0 aliphatic rings. The van der Waals surface area contributed by atoms with Gasteiger partial charge in [0.2, 0.25) is 0 Å². The first-order valence-electron chi connectivity index (χ1n) is 6.84. The van der Waals surface area contributed by atoms with E-state index in [9.17, 15) is 13.9 Å². The monoisotopic (exact) mass is 294 g/mol. The molecule has 0 aliphatic carbocycles. The van der Waals surface area contributed by atoms with Gasteiger partial charge in [-0.2, -0.15) is 5.10 Å². The minimum absolute atomic E-state index is 0.0123. The van der Waals surface area contributed by atoms with E-state index in [-0.39, 0.29) is 17.4 Å². The number of aromatic nitrogens is 2. The number of aliphatic hydroxyl groups is 1. The van der Waals surface area contributed by atoms with E-state index >= 15 is 0 Å². The van der Waals surface area contributed by atoms with Gasteiger partial charge in [0.25, 0.3) is 0 Å². The average molecular weight is 294 g/mol. The predicted octanol–water partition coefficient (Wildman–Crippen LogP) is 3.27. The van der Waals surface area contributed by atoms with Crippen LogP contribution >= 0.6 is 0 Å². The molecule has 0 fully saturated rings. The molecule has 1 aromatic carbocycles. The Morgan fingerprint density at radius 3 is 2.57 bits per heavy atom. The SMILES string of the molecule is Cn1cc(C(O)Cc2cc(F)ccc2F)c(C(C)(C)C)n1. The minimum atomic E-state index is -0.927. The lowest BCUT2D eigenvalue weighted by molar-refractivity contribution is 0.174. The molecule has 1 heterocycles. The highest BCUT2D eigenvalue weighted by atomic mass is 19.1. The quantitative estimate of drug-likeness (QED) is 0.943. The van der Waals surface area contributed by atoms with Crippen molar-refractivity contribution in [3.63, 3.8) is 0 Å². The van der Waals surface area contributed by atoms with Gasteiger partial charge in [0.15, 0.2) is 0 Å². The van der Waals surface area contributed by atoms with Crippen LogP contribution < -0.4 is 0 Å². The van der Waals surface area contributed by atoms with Gasteiger partial charge in [-0.05, 0) is 23.8 Å². The van der Waals surface area contributed by atoms with Crippen LogP contribution in [0.5, 0.6) is 0 Å². The first kappa shape index (κ1) is 15.6. The molecule has 0 aliphatic heterocycles. The standard InChI is InChI=1S/C16H20F2N2O/c1-16(2,3)15-12(9-20(4)19-15)14(21)8-10-7-11(17)5-6-13(10)18/h5-7,9,14,21H,8H2,1-4H3. The van der Waals surface area contributed by atoms with E-state index in [2.05, 4.69) is 5.10 Å². The molecule has 0 saturated heterocycles. The number of rotatable bonds is 3. The molecule has 1 N–H and O–H groups in total. The molecule has 3 nitrogen and oxygen atoms in total. The van der Waals surface area contributed by atoms with Gasteiger partial charge in [0.05, 0.1) is 11.8 Å². The number of aliphatic hydroxyl groups excluding tert-OH is 1. The predicted molar refractivity (Wildman–Crippen MR) is 76.9 cm³/mol. The molecule has 21 heavy (non-hydrogen) atoms. The molecular formula is C16H20F2N2O. The van der Waals surface area contributed by atoms with Crippen molar-refractivity contribution in [1.29, 1.82) is 0 Å². The zero-order chi connectivity index (χ0) is 15.8. The molecule has 1 unspecified atom stereocenters. The van der Waals surface area contributed by atoms with Crippen molar-refractivity contribution < 1.29 is 13.9 Å². The van der Waals surface area contributed by atoms with Crippen LogP contribution in [0, 0.1) is 11.6 Å². The summed E-state index contributed by atoms with van der Waals surface area (Å²) in [5.41, 5.74) is 1.33. The maximum atomic E-state index is 13.7. The molecule has 0 bridgehead atoms. The Labute approximate surface area is 123 Å². The molecule has 0 saturated carbocycles. The molecular weight excluding hydrogens is 274 g/mol. The lowest BCUT2D eigenvalue weighted by Crippen LogP contribution is -2.17. The summed E-state index contributed by atoms with van der Waals surface area (Å²) < 4.78 is 28.5. The Hall–Kier alpha value is -1.75. The summed E-state index contributed by atoms with van der Waals surface area (Å²) in [5, 5.41) is 14.8. The number of hydrogen-bond donors (Lipinski definition) is 1. The maximum Gasteiger partial charge on any atom is 0.126 e. The minimum Gasteiger partial charge on any atom is -0.388 e. The third-order valence-electron chi connectivity index (χ3n) is 3.35. The van der Waals surface area contributed by atoms with Crippen molar-refractivity contribution in [2.45, 2.75) is 38.7 Å². The molecule has 114 valence electrons. The zero-order valence-corrected chi connectivity index (χ0v) is 12.7. The van der Waals surface area contributed by atoms with Gasteiger partial charge in [0.1, 0.15) is 11.6 Å². The first-order valence-corrected chi connectivity index (χ1v) is 6.84. The third-order valence-corrected chi connectivity index (χ3v) is 3.35. The van der Waals surface area contributed by atoms with Gasteiger partial charge >= 0.3 is 0 Å². The van der Waals surface area contributed by atoms with Crippen LogP contribution in [0.15, 0.2) is 24.4 Å². The third kappa shape index (κ3) is 3.47. The normalized spacial score (nSPS) is 13.5. The van der Waals surface area contributed by atoms with Gasteiger partial charge in [-0.3, -0.25) is 4.68 Å². The first-order chi connectivity index (χ1) is 9.68. The highest BCUT2D eigenvalue weighted by Gasteiger charge is 2.26. The molecule has 0 spiro atoms. The molecule has 0 amide bonds.